The van der Waals surface area contributed by atoms with Gasteiger partial charge in [-0.15, -0.1) is 24.0 Å². The molecule has 1 unspecified atom stereocenters. The Morgan fingerprint density at radius 2 is 2.32 bits per heavy atom. The highest BCUT2D eigenvalue weighted by Crippen LogP contribution is 2.16. The van der Waals surface area contributed by atoms with Gasteiger partial charge in [-0.05, 0) is 24.6 Å². The molecule has 0 saturated carbocycles. The van der Waals surface area contributed by atoms with Crippen molar-refractivity contribution in [2.45, 2.75) is 13.0 Å². The van der Waals surface area contributed by atoms with Crippen molar-refractivity contribution in [3.05, 3.63) is 34.1 Å². The summed E-state index contributed by atoms with van der Waals surface area (Å²) in [5.41, 5.74) is 0.614. The van der Waals surface area contributed by atoms with Gasteiger partial charge < -0.3 is 15.0 Å². The molecule has 1 aromatic rings. The molecule has 1 N–H and O–H groups in total. The highest BCUT2D eigenvalue weighted by molar-refractivity contribution is 14.0. The number of aliphatic imine (C=N–C) groups is 1. The normalized spacial score (nSPS) is 18.0. The van der Waals surface area contributed by atoms with E-state index < -0.39 is 0 Å². The number of nitrogens with zero attached hydrogens (tertiary/aromatic N) is 2. The van der Waals surface area contributed by atoms with E-state index in [1.54, 1.807) is 19.2 Å². The van der Waals surface area contributed by atoms with E-state index in [1.807, 2.05) is 7.05 Å². The number of benzene rings is 1. The van der Waals surface area contributed by atoms with Gasteiger partial charge in [0.05, 0.1) is 6.61 Å². The van der Waals surface area contributed by atoms with E-state index in [9.17, 15) is 4.39 Å². The number of ether oxygens (including phenoxy) is 1. The third-order valence-electron chi connectivity index (χ3n) is 3.57. The Labute approximate surface area is 156 Å². The smallest absolute Gasteiger partial charge is 0.193 e. The number of halogens is 3. The highest BCUT2D eigenvalue weighted by atomic mass is 127. The van der Waals surface area contributed by atoms with Gasteiger partial charge in [0.25, 0.3) is 0 Å². The summed E-state index contributed by atoms with van der Waals surface area (Å²) in [4.78, 5) is 6.32. The predicted molar refractivity (Wildman–Crippen MR) is 101 cm³/mol. The molecule has 0 bridgehead atoms. The average molecular weight is 486 g/mol. The van der Waals surface area contributed by atoms with Crippen LogP contribution in [0.1, 0.15) is 12.0 Å². The quantitative estimate of drug-likeness (QED) is 0.404. The van der Waals surface area contributed by atoms with Crippen LogP contribution < -0.4 is 5.32 Å². The van der Waals surface area contributed by atoms with Gasteiger partial charge in [-0.25, -0.2) is 4.39 Å². The lowest BCUT2D eigenvalue weighted by Crippen LogP contribution is -2.41. The minimum Gasteiger partial charge on any atom is -0.381 e. The molecular weight excluding hydrogens is 464 g/mol. The summed E-state index contributed by atoms with van der Waals surface area (Å²) in [6.07, 6.45) is 1.08. The molecule has 7 heteroatoms. The number of guanidine groups is 1. The van der Waals surface area contributed by atoms with Crippen LogP contribution in [0.2, 0.25) is 0 Å². The molecule has 1 aliphatic heterocycles. The Hall–Kier alpha value is -0.410. The van der Waals surface area contributed by atoms with Crippen molar-refractivity contribution in [2.24, 2.45) is 10.9 Å². The molecule has 0 aromatic heterocycles. The summed E-state index contributed by atoms with van der Waals surface area (Å²) in [6.45, 7) is 2.94. The van der Waals surface area contributed by atoms with E-state index in [4.69, 9.17) is 4.74 Å². The summed E-state index contributed by atoms with van der Waals surface area (Å²) in [5, 5.41) is 3.20. The second kappa shape index (κ2) is 9.67. The molecule has 0 amide bonds. The first kappa shape index (κ1) is 19.6. The predicted octanol–water partition coefficient (Wildman–Crippen LogP) is 3.25. The van der Waals surface area contributed by atoms with Crippen LogP contribution in [0.15, 0.2) is 27.7 Å². The standard InChI is InChI=1S/C15H21BrFN3O.HI/c1-18-15(20(2)9-11-5-6-21-10-11)19-8-12-7-13(16)3-4-14(12)17;/h3-4,7,11H,5-6,8-10H2,1-2H3,(H,18,19);1H. The summed E-state index contributed by atoms with van der Waals surface area (Å²) in [6, 6.07) is 4.93. The van der Waals surface area contributed by atoms with Gasteiger partial charge in [-0.1, -0.05) is 15.9 Å². The summed E-state index contributed by atoms with van der Waals surface area (Å²) in [5.74, 6) is 1.09. The average Bonchev–Trinajstić information content (AvgIpc) is 2.96. The van der Waals surface area contributed by atoms with E-state index in [0.29, 0.717) is 18.0 Å². The van der Waals surface area contributed by atoms with E-state index in [2.05, 4.69) is 31.1 Å². The first-order chi connectivity index (χ1) is 10.1. The fourth-order valence-electron chi connectivity index (χ4n) is 2.44. The summed E-state index contributed by atoms with van der Waals surface area (Å²) >= 11 is 3.36. The van der Waals surface area contributed by atoms with Crippen LogP contribution in [-0.2, 0) is 11.3 Å². The molecule has 1 heterocycles. The van der Waals surface area contributed by atoms with E-state index >= 15 is 0 Å². The largest absolute Gasteiger partial charge is 0.381 e. The first-order valence-electron chi connectivity index (χ1n) is 7.03. The fraction of sp³-hybridized carbons (Fsp3) is 0.533. The van der Waals surface area contributed by atoms with Crippen molar-refractivity contribution in [1.82, 2.24) is 10.2 Å². The maximum absolute atomic E-state index is 13.7. The van der Waals surface area contributed by atoms with Crippen molar-refractivity contribution >= 4 is 45.9 Å². The molecule has 1 saturated heterocycles. The molecule has 124 valence electrons. The van der Waals surface area contributed by atoms with Gasteiger partial charge in [-0.3, -0.25) is 4.99 Å². The molecule has 0 radical (unpaired) electrons. The Morgan fingerprint density at radius 1 is 1.55 bits per heavy atom. The SMILES string of the molecule is CN=C(NCc1cc(Br)ccc1F)N(C)CC1CCOC1.I. The van der Waals surface area contributed by atoms with Crippen LogP contribution in [-0.4, -0.2) is 44.7 Å². The maximum atomic E-state index is 13.7. The molecule has 1 aliphatic rings. The summed E-state index contributed by atoms with van der Waals surface area (Å²) in [7, 11) is 3.73. The van der Waals surface area contributed by atoms with Crippen LogP contribution in [0.5, 0.6) is 0 Å². The number of rotatable bonds is 4. The van der Waals surface area contributed by atoms with Crippen LogP contribution in [0.3, 0.4) is 0 Å². The number of hydrogen-bond donors (Lipinski definition) is 1. The van der Waals surface area contributed by atoms with Gasteiger partial charge in [0.2, 0.25) is 0 Å². The fourth-order valence-corrected chi connectivity index (χ4v) is 2.85. The van der Waals surface area contributed by atoms with Crippen molar-refractivity contribution in [3.63, 3.8) is 0 Å². The molecule has 22 heavy (non-hydrogen) atoms. The van der Waals surface area contributed by atoms with E-state index in [1.165, 1.54) is 6.07 Å². The lowest BCUT2D eigenvalue weighted by Gasteiger charge is -2.24. The lowest BCUT2D eigenvalue weighted by atomic mass is 10.1. The monoisotopic (exact) mass is 485 g/mol. The second-order valence-corrected chi connectivity index (χ2v) is 6.16. The maximum Gasteiger partial charge on any atom is 0.193 e. The van der Waals surface area contributed by atoms with Crippen LogP contribution in [0, 0.1) is 11.7 Å². The zero-order valence-electron chi connectivity index (χ0n) is 12.8. The van der Waals surface area contributed by atoms with Gasteiger partial charge in [0.15, 0.2) is 5.96 Å². The van der Waals surface area contributed by atoms with E-state index in [-0.39, 0.29) is 29.8 Å². The third kappa shape index (κ3) is 5.66. The number of hydrogen-bond acceptors (Lipinski definition) is 2. The first-order valence-corrected chi connectivity index (χ1v) is 7.83. The molecule has 0 spiro atoms. The van der Waals surface area contributed by atoms with Crippen LogP contribution in [0.4, 0.5) is 4.39 Å². The summed E-state index contributed by atoms with van der Waals surface area (Å²) < 4.78 is 20.0. The molecule has 1 atom stereocenters. The van der Waals surface area contributed by atoms with Crippen molar-refractivity contribution in [2.75, 3.05) is 33.9 Å². The molecule has 4 nitrogen and oxygen atoms in total. The highest BCUT2D eigenvalue weighted by Gasteiger charge is 2.19. The van der Waals surface area contributed by atoms with Crippen molar-refractivity contribution in [1.29, 1.82) is 0 Å². The molecule has 2 rings (SSSR count). The molecule has 1 aromatic carbocycles. The Morgan fingerprint density at radius 3 is 2.95 bits per heavy atom. The van der Waals surface area contributed by atoms with Gasteiger partial charge in [-0.2, -0.15) is 0 Å². The Balaban J connectivity index is 0.00000242. The minimum atomic E-state index is -0.215. The van der Waals surface area contributed by atoms with Crippen LogP contribution in [0.25, 0.3) is 0 Å². The third-order valence-corrected chi connectivity index (χ3v) is 4.07. The molecular formula is C15H22BrFIN3O. The van der Waals surface area contributed by atoms with Crippen molar-refractivity contribution < 1.29 is 9.13 Å². The number of nitrogens with one attached hydrogen (secondary N) is 1. The van der Waals surface area contributed by atoms with Gasteiger partial charge >= 0.3 is 0 Å². The zero-order valence-corrected chi connectivity index (χ0v) is 16.7. The molecule has 0 aliphatic carbocycles. The van der Waals surface area contributed by atoms with Crippen LogP contribution >= 0.6 is 39.9 Å². The Bertz CT molecular complexity index is 510. The zero-order chi connectivity index (χ0) is 15.2. The Kier molecular flexibility index (Phi) is 8.63. The molecule has 1 fully saturated rings. The topological polar surface area (TPSA) is 36.9 Å². The van der Waals surface area contributed by atoms with Gasteiger partial charge in [0.1, 0.15) is 5.82 Å². The van der Waals surface area contributed by atoms with Gasteiger partial charge in [0, 0.05) is 49.7 Å². The lowest BCUT2D eigenvalue weighted by molar-refractivity contribution is 0.181. The minimum absolute atomic E-state index is 0. The van der Waals surface area contributed by atoms with Crippen molar-refractivity contribution in [3.8, 4) is 0 Å². The van der Waals surface area contributed by atoms with E-state index in [0.717, 1.165) is 36.6 Å². The second-order valence-electron chi connectivity index (χ2n) is 5.25.